The zero-order chi connectivity index (χ0) is 19.8. The van der Waals surface area contributed by atoms with Gasteiger partial charge in [0.1, 0.15) is 6.10 Å². The summed E-state index contributed by atoms with van der Waals surface area (Å²) in [6.45, 7) is 9.69. The first kappa shape index (κ1) is 21.6. The van der Waals surface area contributed by atoms with Gasteiger partial charge >= 0.3 is 0 Å². The number of hydrogen-bond acceptors (Lipinski definition) is 3. The van der Waals surface area contributed by atoms with Crippen LogP contribution in [0.15, 0.2) is 48.5 Å². The molecule has 1 aliphatic rings. The minimum Gasteiger partial charge on any atom is -0.367 e. The Morgan fingerprint density at radius 1 is 0.857 bits per heavy atom. The van der Waals surface area contributed by atoms with Crippen LogP contribution >= 0.6 is 23.2 Å². The lowest BCUT2D eigenvalue weighted by molar-refractivity contribution is 0.0451. The summed E-state index contributed by atoms with van der Waals surface area (Å²) in [5.74, 6) is 0. The smallest absolute Gasteiger partial charge is 0.108 e. The van der Waals surface area contributed by atoms with E-state index < -0.39 is 0 Å². The summed E-state index contributed by atoms with van der Waals surface area (Å²) in [7, 11) is 0. The molecule has 3 rings (SSSR count). The summed E-state index contributed by atoms with van der Waals surface area (Å²) in [5.41, 5.74) is 2.16. The van der Waals surface area contributed by atoms with Gasteiger partial charge in [0.25, 0.3) is 0 Å². The maximum Gasteiger partial charge on any atom is 0.108 e. The van der Waals surface area contributed by atoms with Crippen molar-refractivity contribution in [3.63, 3.8) is 0 Å². The quantitative estimate of drug-likeness (QED) is 0.531. The minimum atomic E-state index is -0.137. The average Bonchev–Trinajstić information content (AvgIpc) is 2.73. The number of ether oxygens (including phenoxy) is 1. The van der Waals surface area contributed by atoms with Crippen LogP contribution in [0.25, 0.3) is 0 Å². The average molecular weight is 421 g/mol. The van der Waals surface area contributed by atoms with Crippen LogP contribution in [-0.4, -0.2) is 55.7 Å². The Labute approximate surface area is 179 Å². The van der Waals surface area contributed by atoms with E-state index in [9.17, 15) is 0 Å². The molecule has 0 aromatic heterocycles. The zero-order valence-electron chi connectivity index (χ0n) is 16.6. The maximum absolute atomic E-state index is 6.35. The predicted molar refractivity (Wildman–Crippen MR) is 118 cm³/mol. The van der Waals surface area contributed by atoms with Gasteiger partial charge in [0.15, 0.2) is 0 Å². The molecule has 1 saturated heterocycles. The van der Waals surface area contributed by atoms with Gasteiger partial charge in [-0.3, -0.25) is 4.90 Å². The molecule has 0 bridgehead atoms. The molecule has 152 valence electrons. The topological polar surface area (TPSA) is 15.7 Å². The molecule has 1 heterocycles. The summed E-state index contributed by atoms with van der Waals surface area (Å²) in [4.78, 5) is 5.07. The second-order valence-electron chi connectivity index (χ2n) is 7.37. The van der Waals surface area contributed by atoms with Crippen molar-refractivity contribution in [3.8, 4) is 0 Å². The lowest BCUT2D eigenvalue weighted by atomic mass is 10.0. The second kappa shape index (κ2) is 11.2. The first-order valence-electron chi connectivity index (χ1n) is 10.2. The van der Waals surface area contributed by atoms with Gasteiger partial charge in [-0.1, -0.05) is 72.9 Å². The van der Waals surface area contributed by atoms with E-state index >= 15 is 0 Å². The number of halogens is 2. The summed E-state index contributed by atoms with van der Waals surface area (Å²) in [5, 5.41) is 1.13. The highest BCUT2D eigenvalue weighted by atomic mass is 35.5. The standard InChI is InChI=1S/C23H30Cl2N2O/c1-2-3-11-26-12-14-27(15-13-26)16-17-28-23(19-7-5-4-6-8-19)20-9-10-21(24)22(25)18-20/h4-10,18,23H,2-3,11-17H2,1H3. The fourth-order valence-corrected chi connectivity index (χ4v) is 3.91. The molecule has 0 aliphatic carbocycles. The van der Waals surface area contributed by atoms with Crippen LogP contribution in [-0.2, 0) is 4.74 Å². The van der Waals surface area contributed by atoms with E-state index in [1.165, 1.54) is 19.4 Å². The van der Waals surface area contributed by atoms with Gasteiger partial charge in [-0.2, -0.15) is 0 Å². The van der Waals surface area contributed by atoms with E-state index in [0.717, 1.165) is 43.9 Å². The first-order chi connectivity index (χ1) is 13.7. The summed E-state index contributed by atoms with van der Waals surface area (Å²) in [6.07, 6.45) is 2.43. The monoisotopic (exact) mass is 420 g/mol. The van der Waals surface area contributed by atoms with Crippen molar-refractivity contribution in [2.45, 2.75) is 25.9 Å². The summed E-state index contributed by atoms with van der Waals surface area (Å²) < 4.78 is 6.35. The molecule has 0 saturated carbocycles. The number of unbranched alkanes of at least 4 members (excludes halogenated alkanes) is 1. The van der Waals surface area contributed by atoms with Crippen LogP contribution < -0.4 is 0 Å². The third kappa shape index (κ3) is 6.20. The van der Waals surface area contributed by atoms with Gasteiger partial charge in [-0.15, -0.1) is 0 Å². The van der Waals surface area contributed by atoms with Crippen LogP contribution in [0.2, 0.25) is 10.0 Å². The highest BCUT2D eigenvalue weighted by Crippen LogP contribution is 2.31. The van der Waals surface area contributed by atoms with Gasteiger partial charge in [0.2, 0.25) is 0 Å². The van der Waals surface area contributed by atoms with Crippen molar-refractivity contribution < 1.29 is 4.74 Å². The molecule has 1 unspecified atom stereocenters. The Kier molecular flexibility index (Phi) is 8.63. The minimum absolute atomic E-state index is 0.137. The zero-order valence-corrected chi connectivity index (χ0v) is 18.1. The molecule has 2 aromatic carbocycles. The van der Waals surface area contributed by atoms with Gasteiger partial charge in [-0.05, 0) is 36.2 Å². The van der Waals surface area contributed by atoms with Crippen molar-refractivity contribution in [3.05, 3.63) is 69.7 Å². The van der Waals surface area contributed by atoms with Crippen LogP contribution in [0, 0.1) is 0 Å². The number of nitrogens with zero attached hydrogens (tertiary/aromatic N) is 2. The van der Waals surface area contributed by atoms with Gasteiger partial charge in [-0.25, -0.2) is 0 Å². The normalized spacial score (nSPS) is 17.0. The Morgan fingerprint density at radius 3 is 2.18 bits per heavy atom. The van der Waals surface area contributed by atoms with E-state index in [0.29, 0.717) is 16.7 Å². The molecular weight excluding hydrogens is 391 g/mol. The fraction of sp³-hybridized carbons (Fsp3) is 0.478. The number of benzene rings is 2. The lowest BCUT2D eigenvalue weighted by Gasteiger charge is -2.34. The van der Waals surface area contributed by atoms with E-state index in [-0.39, 0.29) is 6.10 Å². The molecule has 1 atom stereocenters. The van der Waals surface area contributed by atoms with Gasteiger partial charge in [0.05, 0.1) is 16.7 Å². The summed E-state index contributed by atoms with van der Waals surface area (Å²) >= 11 is 12.3. The Balaban J connectivity index is 1.56. The van der Waals surface area contributed by atoms with E-state index in [2.05, 4.69) is 28.9 Å². The van der Waals surface area contributed by atoms with Gasteiger partial charge < -0.3 is 9.64 Å². The second-order valence-corrected chi connectivity index (χ2v) is 8.19. The van der Waals surface area contributed by atoms with Crippen LogP contribution in [0.3, 0.4) is 0 Å². The lowest BCUT2D eigenvalue weighted by Crippen LogP contribution is -2.47. The molecule has 28 heavy (non-hydrogen) atoms. The van der Waals surface area contributed by atoms with E-state index in [1.54, 1.807) is 0 Å². The molecule has 0 spiro atoms. The Bertz CT molecular complexity index is 718. The summed E-state index contributed by atoms with van der Waals surface area (Å²) in [6, 6.07) is 16.0. The number of piperazine rings is 1. The predicted octanol–water partition coefficient (Wildman–Crippen LogP) is 5.52. The third-order valence-electron chi connectivity index (χ3n) is 5.33. The van der Waals surface area contributed by atoms with Crippen molar-refractivity contribution in [2.75, 3.05) is 45.9 Å². The molecule has 0 radical (unpaired) electrons. The molecule has 1 aliphatic heterocycles. The largest absolute Gasteiger partial charge is 0.367 e. The highest BCUT2D eigenvalue weighted by molar-refractivity contribution is 6.42. The van der Waals surface area contributed by atoms with Crippen LogP contribution in [0.1, 0.15) is 37.0 Å². The third-order valence-corrected chi connectivity index (χ3v) is 6.07. The molecule has 0 amide bonds. The van der Waals surface area contributed by atoms with Crippen molar-refractivity contribution in [2.24, 2.45) is 0 Å². The van der Waals surface area contributed by atoms with Crippen LogP contribution in [0.5, 0.6) is 0 Å². The van der Waals surface area contributed by atoms with Crippen molar-refractivity contribution in [1.82, 2.24) is 9.80 Å². The molecule has 0 N–H and O–H groups in total. The molecule has 2 aromatic rings. The van der Waals surface area contributed by atoms with E-state index in [1.807, 2.05) is 36.4 Å². The van der Waals surface area contributed by atoms with Gasteiger partial charge in [0, 0.05) is 32.7 Å². The highest BCUT2D eigenvalue weighted by Gasteiger charge is 2.19. The van der Waals surface area contributed by atoms with Crippen LogP contribution in [0.4, 0.5) is 0 Å². The van der Waals surface area contributed by atoms with Crippen molar-refractivity contribution >= 4 is 23.2 Å². The SMILES string of the molecule is CCCCN1CCN(CCOC(c2ccccc2)c2ccc(Cl)c(Cl)c2)CC1. The molecular formula is C23H30Cl2N2O. The van der Waals surface area contributed by atoms with Crippen molar-refractivity contribution in [1.29, 1.82) is 0 Å². The number of rotatable bonds is 9. The Hall–Kier alpha value is -1.10. The first-order valence-corrected chi connectivity index (χ1v) is 11.0. The van der Waals surface area contributed by atoms with E-state index in [4.69, 9.17) is 27.9 Å². The number of hydrogen-bond donors (Lipinski definition) is 0. The molecule has 3 nitrogen and oxygen atoms in total. The fourth-order valence-electron chi connectivity index (χ4n) is 3.61. The molecule has 1 fully saturated rings. The molecule has 5 heteroatoms. The Morgan fingerprint density at radius 2 is 1.54 bits per heavy atom. The maximum atomic E-state index is 6.35.